The van der Waals surface area contributed by atoms with Gasteiger partial charge in [0.05, 0.1) is 22.9 Å². The van der Waals surface area contributed by atoms with Gasteiger partial charge in [0.25, 0.3) is 5.56 Å². The molecule has 1 aliphatic heterocycles. The lowest BCUT2D eigenvalue weighted by atomic mass is 10.0. The molecular weight excluding hydrogens is 361 g/mol. The van der Waals surface area contributed by atoms with Crippen molar-refractivity contribution < 1.29 is 18.0 Å². The van der Waals surface area contributed by atoms with E-state index >= 15 is 0 Å². The van der Waals surface area contributed by atoms with Crippen LogP contribution < -0.4 is 21.0 Å². The number of nitrogens with one attached hydrogen (secondary N) is 2. The van der Waals surface area contributed by atoms with Crippen LogP contribution >= 0.6 is 0 Å². The van der Waals surface area contributed by atoms with Gasteiger partial charge in [-0.25, -0.2) is 4.98 Å². The molecule has 0 saturated heterocycles. The van der Waals surface area contributed by atoms with Gasteiger partial charge in [-0.15, -0.1) is 4.73 Å². The minimum Gasteiger partial charge on any atom is -0.411 e. The van der Waals surface area contributed by atoms with Crippen LogP contribution in [0.3, 0.4) is 0 Å². The summed E-state index contributed by atoms with van der Waals surface area (Å²) in [6.45, 7) is 3.06. The largest absolute Gasteiger partial charge is 0.416 e. The van der Waals surface area contributed by atoms with Gasteiger partial charge in [0.1, 0.15) is 7.11 Å². The fraction of sp³-hybridized carbons (Fsp3) is 0.444. The van der Waals surface area contributed by atoms with Crippen LogP contribution in [-0.4, -0.2) is 23.4 Å². The van der Waals surface area contributed by atoms with Crippen LogP contribution in [0.4, 0.5) is 19.1 Å². The van der Waals surface area contributed by atoms with E-state index in [0.29, 0.717) is 36.2 Å². The predicted octanol–water partition coefficient (Wildman–Crippen LogP) is 2.53. The third kappa shape index (κ3) is 3.92. The number of rotatable bonds is 5. The lowest BCUT2D eigenvalue weighted by molar-refractivity contribution is -0.137. The molecule has 1 aliphatic rings. The first-order valence-corrected chi connectivity index (χ1v) is 8.68. The summed E-state index contributed by atoms with van der Waals surface area (Å²) < 4.78 is 39.4. The summed E-state index contributed by atoms with van der Waals surface area (Å²) in [4.78, 5) is 22.3. The molecule has 1 unspecified atom stereocenters. The maximum atomic E-state index is 12.8. The highest BCUT2D eigenvalue weighted by molar-refractivity contribution is 5.37. The fourth-order valence-corrected chi connectivity index (χ4v) is 3.13. The number of alkyl halides is 3. The highest BCUT2D eigenvalue weighted by Gasteiger charge is 2.30. The lowest BCUT2D eigenvalue weighted by Gasteiger charge is -2.23. The normalized spacial score (nSPS) is 15.1. The van der Waals surface area contributed by atoms with Gasteiger partial charge < -0.3 is 15.5 Å². The molecule has 0 radical (unpaired) electrons. The van der Waals surface area contributed by atoms with Crippen LogP contribution in [0.15, 0.2) is 29.1 Å². The van der Waals surface area contributed by atoms with E-state index in [-0.39, 0.29) is 17.5 Å². The number of benzene rings is 1. The minimum atomic E-state index is -4.38. The van der Waals surface area contributed by atoms with Gasteiger partial charge in [0, 0.05) is 19.5 Å². The van der Waals surface area contributed by atoms with Crippen molar-refractivity contribution in [1.82, 2.24) is 15.0 Å². The van der Waals surface area contributed by atoms with Crippen LogP contribution in [0.1, 0.15) is 41.8 Å². The molecule has 0 saturated carbocycles. The Morgan fingerprint density at radius 3 is 2.63 bits per heavy atom. The quantitative estimate of drug-likeness (QED) is 0.832. The summed E-state index contributed by atoms with van der Waals surface area (Å²) in [7, 11) is 1.37. The van der Waals surface area contributed by atoms with Gasteiger partial charge in [-0.1, -0.05) is 19.1 Å². The topological polar surface area (TPSA) is 68.2 Å². The van der Waals surface area contributed by atoms with Gasteiger partial charge in [-0.3, -0.25) is 4.79 Å². The van der Waals surface area contributed by atoms with Crippen LogP contribution in [0.5, 0.6) is 0 Å². The average molecular weight is 382 g/mol. The van der Waals surface area contributed by atoms with E-state index in [0.717, 1.165) is 23.4 Å². The second-order valence-electron chi connectivity index (χ2n) is 6.29. The van der Waals surface area contributed by atoms with E-state index in [9.17, 15) is 18.0 Å². The van der Waals surface area contributed by atoms with Crippen molar-refractivity contribution >= 4 is 5.95 Å². The molecule has 146 valence electrons. The third-order valence-corrected chi connectivity index (χ3v) is 4.60. The summed E-state index contributed by atoms with van der Waals surface area (Å²) in [6, 6.07) is 4.65. The molecule has 27 heavy (non-hydrogen) atoms. The SMILES string of the molecule is CCC(Nc1nc2c(c(=O)n1OC)CNCC2)c1ccc(C(F)(F)F)cc1. The van der Waals surface area contributed by atoms with Gasteiger partial charge in [-0.2, -0.15) is 13.2 Å². The number of aromatic nitrogens is 2. The zero-order chi connectivity index (χ0) is 19.6. The number of hydrogen-bond acceptors (Lipinski definition) is 5. The molecule has 1 aromatic carbocycles. The summed E-state index contributed by atoms with van der Waals surface area (Å²) in [6.07, 6.45) is -3.16. The Hall–Kier alpha value is -2.55. The number of halogens is 3. The average Bonchev–Trinajstić information content (AvgIpc) is 2.66. The molecule has 0 fully saturated rings. The van der Waals surface area contributed by atoms with E-state index in [1.807, 2.05) is 6.92 Å². The van der Waals surface area contributed by atoms with Crippen LogP contribution in [-0.2, 0) is 19.1 Å². The Bertz CT molecular complexity index is 863. The zero-order valence-corrected chi connectivity index (χ0v) is 15.1. The van der Waals surface area contributed by atoms with Crippen molar-refractivity contribution in [2.75, 3.05) is 19.0 Å². The Morgan fingerprint density at radius 1 is 1.33 bits per heavy atom. The lowest BCUT2D eigenvalue weighted by Crippen LogP contribution is -2.38. The van der Waals surface area contributed by atoms with E-state index in [1.54, 1.807) is 0 Å². The molecule has 0 aliphatic carbocycles. The molecule has 6 nitrogen and oxygen atoms in total. The molecule has 3 rings (SSSR count). The molecule has 2 heterocycles. The van der Waals surface area contributed by atoms with Crippen molar-refractivity contribution in [3.63, 3.8) is 0 Å². The maximum absolute atomic E-state index is 12.8. The van der Waals surface area contributed by atoms with Crippen molar-refractivity contribution in [1.29, 1.82) is 0 Å². The molecule has 1 aromatic heterocycles. The van der Waals surface area contributed by atoms with Gasteiger partial charge in [-0.05, 0) is 24.1 Å². The zero-order valence-electron chi connectivity index (χ0n) is 15.1. The highest BCUT2D eigenvalue weighted by Crippen LogP contribution is 2.31. The second-order valence-corrected chi connectivity index (χ2v) is 6.29. The van der Waals surface area contributed by atoms with Gasteiger partial charge >= 0.3 is 6.18 Å². The minimum absolute atomic E-state index is 0.245. The predicted molar refractivity (Wildman–Crippen MR) is 94.5 cm³/mol. The van der Waals surface area contributed by atoms with Crippen LogP contribution in [0.2, 0.25) is 0 Å². The number of nitrogens with zero attached hydrogens (tertiary/aromatic N) is 2. The van der Waals surface area contributed by atoms with Gasteiger partial charge in [0.2, 0.25) is 5.95 Å². The van der Waals surface area contributed by atoms with Crippen molar-refractivity contribution in [3.05, 3.63) is 57.0 Å². The van der Waals surface area contributed by atoms with E-state index in [2.05, 4.69) is 15.6 Å². The van der Waals surface area contributed by atoms with E-state index in [1.165, 1.54) is 19.2 Å². The van der Waals surface area contributed by atoms with E-state index < -0.39 is 11.7 Å². The molecule has 2 aromatic rings. The first kappa shape index (κ1) is 19.2. The number of anilines is 1. The van der Waals surface area contributed by atoms with Crippen molar-refractivity contribution in [2.45, 2.75) is 38.5 Å². The summed E-state index contributed by atoms with van der Waals surface area (Å²) in [5.74, 6) is 0.245. The van der Waals surface area contributed by atoms with Crippen molar-refractivity contribution in [2.24, 2.45) is 0 Å². The fourth-order valence-electron chi connectivity index (χ4n) is 3.13. The second kappa shape index (κ2) is 7.59. The molecule has 0 bridgehead atoms. The summed E-state index contributed by atoms with van der Waals surface area (Å²) in [5, 5.41) is 6.27. The first-order chi connectivity index (χ1) is 12.8. The summed E-state index contributed by atoms with van der Waals surface area (Å²) >= 11 is 0. The van der Waals surface area contributed by atoms with Crippen molar-refractivity contribution in [3.8, 4) is 0 Å². The van der Waals surface area contributed by atoms with Crippen LogP contribution in [0, 0.1) is 0 Å². The molecule has 0 amide bonds. The first-order valence-electron chi connectivity index (χ1n) is 8.68. The molecule has 0 spiro atoms. The standard InChI is InChI=1S/C18H21F3N4O2/c1-3-14(11-4-6-12(7-5-11)18(19,20)21)23-17-24-15-8-9-22-10-13(15)16(26)25(17)27-2/h4-7,14,22H,3,8-10H2,1-2H3,(H,23,24). The van der Waals surface area contributed by atoms with Crippen LogP contribution in [0.25, 0.3) is 0 Å². The Balaban J connectivity index is 1.92. The monoisotopic (exact) mass is 382 g/mol. The maximum Gasteiger partial charge on any atom is 0.416 e. The van der Waals surface area contributed by atoms with E-state index in [4.69, 9.17) is 4.84 Å². The Morgan fingerprint density at radius 2 is 2.04 bits per heavy atom. The number of hydrogen-bond donors (Lipinski definition) is 2. The highest BCUT2D eigenvalue weighted by atomic mass is 19.4. The number of fused-ring (bicyclic) bond motifs is 1. The Kier molecular flexibility index (Phi) is 5.41. The molecular formula is C18H21F3N4O2. The molecule has 1 atom stereocenters. The molecule has 2 N–H and O–H groups in total. The third-order valence-electron chi connectivity index (χ3n) is 4.60. The smallest absolute Gasteiger partial charge is 0.411 e. The summed E-state index contributed by atoms with van der Waals surface area (Å²) in [5.41, 5.74) is 0.948. The van der Waals surface area contributed by atoms with Gasteiger partial charge in [0.15, 0.2) is 0 Å². The molecule has 9 heteroatoms. The Labute approximate surface area is 154 Å².